The average Bonchev–Trinajstić information content (AvgIpc) is 3.56. The predicted octanol–water partition coefficient (Wildman–Crippen LogP) is 2.73. The third-order valence-electron chi connectivity index (χ3n) is 7.30. The Hall–Kier alpha value is -3.37. The van der Waals surface area contributed by atoms with Gasteiger partial charge in [-0.1, -0.05) is 6.07 Å². The maximum atomic E-state index is 14.0. The molecule has 10 heteroatoms. The molecule has 1 N–H and O–H groups in total. The molecule has 0 radical (unpaired) electrons. The van der Waals surface area contributed by atoms with Crippen LogP contribution in [0.15, 0.2) is 48.5 Å². The van der Waals surface area contributed by atoms with Gasteiger partial charge in [-0.15, -0.1) is 0 Å². The molecule has 3 heterocycles. The molecule has 3 aliphatic heterocycles. The average molecular weight is 514 g/mol. The van der Waals surface area contributed by atoms with Crippen LogP contribution in [0.25, 0.3) is 0 Å². The van der Waals surface area contributed by atoms with E-state index in [1.54, 1.807) is 4.90 Å². The Morgan fingerprint density at radius 2 is 1.73 bits per heavy atom. The van der Waals surface area contributed by atoms with Gasteiger partial charge in [0.2, 0.25) is 5.91 Å². The molecule has 3 saturated heterocycles. The van der Waals surface area contributed by atoms with Crippen molar-refractivity contribution in [1.29, 1.82) is 0 Å². The van der Waals surface area contributed by atoms with E-state index in [-0.39, 0.29) is 56.0 Å². The van der Waals surface area contributed by atoms with Crippen molar-refractivity contribution in [3.8, 4) is 0 Å². The second-order valence-electron chi connectivity index (χ2n) is 9.64. The SMILES string of the molecule is O=C(NC[C@H]1CCCO1)[C@H]1COC2(CCN(C(=O)c3ccc(F)cc3)CC2)N1C(=O)c1cccc(F)c1. The van der Waals surface area contributed by atoms with Crippen molar-refractivity contribution >= 4 is 17.7 Å². The highest BCUT2D eigenvalue weighted by atomic mass is 19.1. The fourth-order valence-corrected chi connectivity index (χ4v) is 5.30. The Labute approximate surface area is 213 Å². The number of benzene rings is 2. The minimum absolute atomic E-state index is 0.00960. The van der Waals surface area contributed by atoms with E-state index in [4.69, 9.17) is 9.47 Å². The van der Waals surface area contributed by atoms with Crippen LogP contribution in [0.4, 0.5) is 8.78 Å². The standard InChI is InChI=1S/C27H29F2N3O5/c28-20-8-6-18(7-9-20)25(34)31-12-10-27(11-13-31)32(26(35)19-3-1-4-21(29)15-19)23(17-37-27)24(33)30-16-22-5-2-14-36-22/h1,3-4,6-9,15,22-23H,2,5,10-14,16-17H2,(H,30,33)/t22-,23-/m1/s1. The Morgan fingerprint density at radius 1 is 0.973 bits per heavy atom. The predicted molar refractivity (Wildman–Crippen MR) is 129 cm³/mol. The Morgan fingerprint density at radius 3 is 2.41 bits per heavy atom. The third-order valence-corrected chi connectivity index (χ3v) is 7.30. The molecular weight excluding hydrogens is 484 g/mol. The summed E-state index contributed by atoms with van der Waals surface area (Å²) in [4.78, 5) is 42.9. The first kappa shape index (κ1) is 25.3. The highest BCUT2D eigenvalue weighted by molar-refractivity contribution is 5.98. The van der Waals surface area contributed by atoms with Gasteiger partial charge in [0.25, 0.3) is 11.8 Å². The molecular formula is C27H29F2N3O5. The van der Waals surface area contributed by atoms with Crippen molar-refractivity contribution in [2.75, 3.05) is 32.8 Å². The lowest BCUT2D eigenvalue weighted by molar-refractivity contribution is -0.128. The molecule has 196 valence electrons. The smallest absolute Gasteiger partial charge is 0.256 e. The summed E-state index contributed by atoms with van der Waals surface area (Å²) in [6.07, 6.45) is 2.28. The number of halogens is 2. The van der Waals surface area contributed by atoms with E-state index < -0.39 is 29.3 Å². The minimum Gasteiger partial charge on any atom is -0.376 e. The van der Waals surface area contributed by atoms with Crippen LogP contribution < -0.4 is 5.32 Å². The van der Waals surface area contributed by atoms with Gasteiger partial charge in [0.05, 0.1) is 12.7 Å². The Bertz CT molecular complexity index is 1160. The van der Waals surface area contributed by atoms with Crippen molar-refractivity contribution in [3.05, 3.63) is 71.3 Å². The first-order chi connectivity index (χ1) is 17.9. The lowest BCUT2D eigenvalue weighted by Gasteiger charge is -2.44. The van der Waals surface area contributed by atoms with E-state index in [2.05, 4.69) is 5.32 Å². The van der Waals surface area contributed by atoms with E-state index in [1.165, 1.54) is 47.4 Å². The Kier molecular flexibility index (Phi) is 7.21. The minimum atomic E-state index is -1.12. The number of nitrogens with zero attached hydrogens (tertiary/aromatic N) is 2. The number of ether oxygens (including phenoxy) is 2. The molecule has 2 aromatic carbocycles. The van der Waals surface area contributed by atoms with Crippen molar-refractivity contribution in [2.45, 2.75) is 43.6 Å². The van der Waals surface area contributed by atoms with Crippen LogP contribution in [0, 0.1) is 11.6 Å². The zero-order valence-electron chi connectivity index (χ0n) is 20.3. The van der Waals surface area contributed by atoms with Crippen LogP contribution in [0.2, 0.25) is 0 Å². The van der Waals surface area contributed by atoms with Gasteiger partial charge in [0.1, 0.15) is 23.4 Å². The van der Waals surface area contributed by atoms with Gasteiger partial charge < -0.3 is 19.7 Å². The molecule has 0 unspecified atom stereocenters. The molecule has 3 aliphatic rings. The summed E-state index contributed by atoms with van der Waals surface area (Å²) in [5.41, 5.74) is -0.634. The molecule has 3 fully saturated rings. The quantitative estimate of drug-likeness (QED) is 0.665. The van der Waals surface area contributed by atoms with Gasteiger partial charge in [-0.05, 0) is 55.3 Å². The fourth-order valence-electron chi connectivity index (χ4n) is 5.30. The largest absolute Gasteiger partial charge is 0.376 e. The van der Waals surface area contributed by atoms with Crippen LogP contribution in [0.1, 0.15) is 46.4 Å². The summed E-state index contributed by atoms with van der Waals surface area (Å²) in [6, 6.07) is 9.77. The molecule has 0 bridgehead atoms. The lowest BCUT2D eigenvalue weighted by atomic mass is 9.96. The van der Waals surface area contributed by atoms with E-state index in [9.17, 15) is 23.2 Å². The van der Waals surface area contributed by atoms with Crippen LogP contribution in [0.3, 0.4) is 0 Å². The van der Waals surface area contributed by atoms with E-state index in [0.29, 0.717) is 18.7 Å². The van der Waals surface area contributed by atoms with Crippen LogP contribution >= 0.6 is 0 Å². The summed E-state index contributed by atoms with van der Waals surface area (Å²) >= 11 is 0. The van der Waals surface area contributed by atoms with E-state index in [1.807, 2.05) is 0 Å². The monoisotopic (exact) mass is 513 g/mol. The summed E-state index contributed by atoms with van der Waals surface area (Å²) in [5, 5.41) is 2.88. The van der Waals surface area contributed by atoms with Crippen molar-refractivity contribution in [2.24, 2.45) is 0 Å². The lowest BCUT2D eigenvalue weighted by Crippen LogP contribution is -2.60. The first-order valence-electron chi connectivity index (χ1n) is 12.5. The highest BCUT2D eigenvalue weighted by Gasteiger charge is 2.54. The second-order valence-corrected chi connectivity index (χ2v) is 9.64. The van der Waals surface area contributed by atoms with Crippen molar-refractivity contribution < 1.29 is 32.6 Å². The van der Waals surface area contributed by atoms with E-state index in [0.717, 1.165) is 18.9 Å². The molecule has 2 atom stereocenters. The zero-order chi connectivity index (χ0) is 26.0. The molecule has 3 amide bonds. The van der Waals surface area contributed by atoms with Gasteiger partial charge in [-0.25, -0.2) is 8.78 Å². The van der Waals surface area contributed by atoms with Crippen molar-refractivity contribution in [3.63, 3.8) is 0 Å². The molecule has 0 aromatic heterocycles. The number of amides is 3. The maximum Gasteiger partial charge on any atom is 0.256 e. The number of carbonyl (C=O) groups is 3. The molecule has 0 saturated carbocycles. The maximum absolute atomic E-state index is 14.0. The molecule has 2 aromatic rings. The van der Waals surface area contributed by atoms with E-state index >= 15 is 0 Å². The normalized spacial score (nSPS) is 22.9. The number of nitrogens with one attached hydrogen (secondary N) is 1. The summed E-state index contributed by atoms with van der Waals surface area (Å²) < 4.78 is 39.0. The third kappa shape index (κ3) is 5.21. The zero-order valence-corrected chi connectivity index (χ0v) is 20.3. The van der Waals surface area contributed by atoms with Crippen LogP contribution in [-0.2, 0) is 14.3 Å². The van der Waals surface area contributed by atoms with Gasteiger partial charge in [-0.3, -0.25) is 19.3 Å². The number of hydrogen-bond donors (Lipinski definition) is 1. The van der Waals surface area contributed by atoms with Gasteiger partial charge in [-0.2, -0.15) is 0 Å². The van der Waals surface area contributed by atoms with Crippen LogP contribution in [-0.4, -0.2) is 78.2 Å². The molecule has 0 aliphatic carbocycles. The number of piperidine rings is 1. The van der Waals surface area contributed by atoms with Gasteiger partial charge in [0.15, 0.2) is 0 Å². The summed E-state index contributed by atoms with van der Waals surface area (Å²) in [7, 11) is 0. The topological polar surface area (TPSA) is 88.2 Å². The van der Waals surface area contributed by atoms with Crippen molar-refractivity contribution in [1.82, 2.24) is 15.1 Å². The number of likely N-dealkylation sites (tertiary alicyclic amines) is 1. The number of carbonyl (C=O) groups excluding carboxylic acids is 3. The molecule has 1 spiro atoms. The number of rotatable bonds is 5. The van der Waals surface area contributed by atoms with Gasteiger partial charge >= 0.3 is 0 Å². The summed E-state index contributed by atoms with van der Waals surface area (Å²) in [6.45, 7) is 1.53. The highest BCUT2D eigenvalue weighted by Crippen LogP contribution is 2.39. The Balaban J connectivity index is 1.34. The molecule has 37 heavy (non-hydrogen) atoms. The van der Waals surface area contributed by atoms with Gasteiger partial charge in [0, 0.05) is 50.2 Å². The fraction of sp³-hybridized carbons (Fsp3) is 0.444. The number of hydrogen-bond acceptors (Lipinski definition) is 5. The molecule has 8 nitrogen and oxygen atoms in total. The molecule has 5 rings (SSSR count). The first-order valence-corrected chi connectivity index (χ1v) is 12.5. The second kappa shape index (κ2) is 10.5. The summed E-state index contributed by atoms with van der Waals surface area (Å²) in [5.74, 6) is -2.10. The van der Waals surface area contributed by atoms with Crippen LogP contribution in [0.5, 0.6) is 0 Å².